The first kappa shape index (κ1) is 23.7. The van der Waals surface area contributed by atoms with E-state index in [9.17, 15) is 18.1 Å². The van der Waals surface area contributed by atoms with Gasteiger partial charge in [-0.25, -0.2) is 17.8 Å². The van der Waals surface area contributed by atoms with Crippen LogP contribution in [0.3, 0.4) is 0 Å². The standard InChI is InChI=1S/C27H24FN5O2S/c28-26-9-5-4-6-21(26)16-33(36(34,35)25-7-2-1-3-8-25)24-13-22-12-20(14-29)10-11-27(22)32(18-24)17-23-15-30-19-31-23/h1-12,15,19,24H,13,16-18H2,(H,30,31). The van der Waals surface area contributed by atoms with Crippen LogP contribution in [-0.2, 0) is 29.5 Å². The molecule has 0 aliphatic carbocycles. The van der Waals surface area contributed by atoms with E-state index in [2.05, 4.69) is 20.9 Å². The van der Waals surface area contributed by atoms with E-state index in [-0.39, 0.29) is 11.4 Å². The number of hydrogen-bond acceptors (Lipinski definition) is 5. The Morgan fingerprint density at radius 3 is 2.61 bits per heavy atom. The first-order valence-corrected chi connectivity index (χ1v) is 13.0. The zero-order chi connectivity index (χ0) is 25.1. The van der Waals surface area contributed by atoms with E-state index in [1.54, 1.807) is 73.2 Å². The van der Waals surface area contributed by atoms with Gasteiger partial charge >= 0.3 is 0 Å². The van der Waals surface area contributed by atoms with E-state index in [0.29, 0.717) is 30.6 Å². The molecule has 0 amide bonds. The molecule has 1 atom stereocenters. The van der Waals surface area contributed by atoms with Gasteiger partial charge in [0.15, 0.2) is 0 Å². The van der Waals surface area contributed by atoms with Crippen molar-refractivity contribution in [2.75, 3.05) is 11.4 Å². The Kier molecular flexibility index (Phi) is 6.55. The first-order valence-electron chi connectivity index (χ1n) is 11.5. The van der Waals surface area contributed by atoms with Crippen LogP contribution in [-0.4, -0.2) is 35.3 Å². The molecule has 9 heteroatoms. The molecule has 182 valence electrons. The number of halogens is 1. The number of nitriles is 1. The molecule has 2 heterocycles. The Labute approximate surface area is 209 Å². The number of fused-ring (bicyclic) bond motifs is 1. The van der Waals surface area contributed by atoms with E-state index in [0.717, 1.165) is 16.9 Å². The number of nitrogens with zero attached hydrogens (tertiary/aromatic N) is 4. The van der Waals surface area contributed by atoms with Crippen LogP contribution < -0.4 is 4.90 Å². The monoisotopic (exact) mass is 501 g/mol. The summed E-state index contributed by atoms with van der Waals surface area (Å²) in [7, 11) is -3.96. The van der Waals surface area contributed by atoms with Gasteiger partial charge < -0.3 is 9.88 Å². The predicted molar refractivity (Wildman–Crippen MR) is 134 cm³/mol. The van der Waals surface area contributed by atoms with Crippen molar-refractivity contribution < 1.29 is 12.8 Å². The van der Waals surface area contributed by atoms with Crippen LogP contribution in [0.25, 0.3) is 0 Å². The van der Waals surface area contributed by atoms with E-state index in [4.69, 9.17) is 0 Å². The van der Waals surface area contributed by atoms with E-state index in [1.807, 2.05) is 6.07 Å². The number of nitrogens with one attached hydrogen (secondary N) is 1. The summed E-state index contributed by atoms with van der Waals surface area (Å²) in [6.07, 6.45) is 3.72. The van der Waals surface area contributed by atoms with Crippen molar-refractivity contribution in [1.82, 2.24) is 14.3 Å². The number of hydrogen-bond donors (Lipinski definition) is 1. The summed E-state index contributed by atoms with van der Waals surface area (Å²) in [5.74, 6) is -0.456. The molecule has 5 rings (SSSR count). The molecule has 1 aliphatic rings. The number of imidazole rings is 1. The molecule has 0 spiro atoms. The average Bonchev–Trinajstić information content (AvgIpc) is 3.41. The lowest BCUT2D eigenvalue weighted by molar-refractivity contribution is 0.299. The number of H-pyrrole nitrogens is 1. The maximum Gasteiger partial charge on any atom is 0.243 e. The summed E-state index contributed by atoms with van der Waals surface area (Å²) < 4.78 is 43.9. The molecule has 36 heavy (non-hydrogen) atoms. The highest BCUT2D eigenvalue weighted by atomic mass is 32.2. The molecular formula is C27H24FN5O2S. The van der Waals surface area contributed by atoms with Gasteiger partial charge in [0.05, 0.1) is 35.1 Å². The van der Waals surface area contributed by atoms with Crippen LogP contribution >= 0.6 is 0 Å². The third kappa shape index (κ3) is 4.73. The molecule has 3 aromatic carbocycles. The summed E-state index contributed by atoms with van der Waals surface area (Å²) >= 11 is 0. The molecule has 0 saturated heterocycles. The number of rotatable bonds is 7. The second kappa shape index (κ2) is 9.93. The minimum atomic E-state index is -3.96. The van der Waals surface area contributed by atoms with E-state index >= 15 is 0 Å². The largest absolute Gasteiger partial charge is 0.364 e. The lowest BCUT2D eigenvalue weighted by Crippen LogP contribution is -2.50. The fourth-order valence-corrected chi connectivity index (χ4v) is 6.26. The SMILES string of the molecule is N#Cc1ccc2c(c1)CC(N(Cc1ccccc1F)S(=O)(=O)c1ccccc1)CN2Cc1cnc[nH]1. The van der Waals surface area contributed by atoms with Gasteiger partial charge in [-0.05, 0) is 48.4 Å². The van der Waals surface area contributed by atoms with Gasteiger partial charge in [-0.3, -0.25) is 0 Å². The number of benzene rings is 3. The molecule has 1 aromatic heterocycles. The highest BCUT2D eigenvalue weighted by Gasteiger charge is 2.37. The molecule has 0 fully saturated rings. The van der Waals surface area contributed by atoms with Crippen LogP contribution in [0.5, 0.6) is 0 Å². The Morgan fingerprint density at radius 2 is 1.89 bits per heavy atom. The maximum absolute atomic E-state index is 14.7. The molecular weight excluding hydrogens is 477 g/mol. The zero-order valence-corrected chi connectivity index (χ0v) is 20.2. The van der Waals surface area contributed by atoms with Crippen LogP contribution in [0.1, 0.15) is 22.4 Å². The van der Waals surface area contributed by atoms with Gasteiger partial charge in [0.2, 0.25) is 10.0 Å². The van der Waals surface area contributed by atoms with Crippen molar-refractivity contribution in [1.29, 1.82) is 5.26 Å². The molecule has 4 aromatic rings. The molecule has 1 aliphatic heterocycles. The Morgan fingerprint density at radius 1 is 1.11 bits per heavy atom. The molecule has 1 N–H and O–H groups in total. The number of aromatic amines is 1. The van der Waals surface area contributed by atoms with Gasteiger partial charge in [-0.2, -0.15) is 9.57 Å². The number of sulfonamides is 1. The molecule has 7 nitrogen and oxygen atoms in total. The Balaban J connectivity index is 1.59. The minimum Gasteiger partial charge on any atom is -0.364 e. The summed E-state index contributed by atoms with van der Waals surface area (Å²) in [6.45, 7) is 0.756. The Hall–Kier alpha value is -4.00. The van der Waals surface area contributed by atoms with Gasteiger partial charge in [-0.15, -0.1) is 0 Å². The first-order chi connectivity index (χ1) is 17.5. The summed E-state index contributed by atoms with van der Waals surface area (Å²) in [5.41, 5.74) is 3.48. The van der Waals surface area contributed by atoms with Gasteiger partial charge in [0.25, 0.3) is 0 Å². The second-order valence-corrected chi connectivity index (χ2v) is 10.6. The van der Waals surface area contributed by atoms with Crippen molar-refractivity contribution in [2.24, 2.45) is 0 Å². The van der Waals surface area contributed by atoms with Crippen LogP contribution in [0, 0.1) is 17.1 Å². The molecule has 0 saturated carbocycles. The fraction of sp³-hybridized carbons (Fsp3) is 0.185. The van der Waals surface area contributed by atoms with Crippen molar-refractivity contribution >= 4 is 15.7 Å². The van der Waals surface area contributed by atoms with Crippen molar-refractivity contribution in [3.05, 3.63) is 114 Å². The van der Waals surface area contributed by atoms with Gasteiger partial charge in [0.1, 0.15) is 5.82 Å². The van der Waals surface area contributed by atoms with Crippen LogP contribution in [0.4, 0.5) is 10.1 Å². The van der Waals surface area contributed by atoms with Crippen molar-refractivity contribution in [3.8, 4) is 6.07 Å². The summed E-state index contributed by atoms with van der Waals surface area (Å²) in [6, 6.07) is 21.6. The predicted octanol–water partition coefficient (Wildman–Crippen LogP) is 4.24. The Bertz CT molecular complexity index is 1500. The highest BCUT2D eigenvalue weighted by Crippen LogP contribution is 2.34. The van der Waals surface area contributed by atoms with Crippen molar-refractivity contribution in [2.45, 2.75) is 30.4 Å². The van der Waals surface area contributed by atoms with E-state index in [1.165, 1.54) is 10.4 Å². The zero-order valence-electron chi connectivity index (χ0n) is 19.4. The minimum absolute atomic E-state index is 0.111. The quantitative estimate of drug-likeness (QED) is 0.409. The molecule has 1 unspecified atom stereocenters. The van der Waals surface area contributed by atoms with Crippen LogP contribution in [0.2, 0.25) is 0 Å². The van der Waals surface area contributed by atoms with Crippen molar-refractivity contribution in [3.63, 3.8) is 0 Å². The van der Waals surface area contributed by atoms with Crippen LogP contribution in [0.15, 0.2) is 90.2 Å². The highest BCUT2D eigenvalue weighted by molar-refractivity contribution is 7.89. The van der Waals surface area contributed by atoms with Gasteiger partial charge in [-0.1, -0.05) is 36.4 Å². The fourth-order valence-electron chi connectivity index (χ4n) is 4.65. The van der Waals surface area contributed by atoms with Gasteiger partial charge in [0, 0.05) is 36.6 Å². The maximum atomic E-state index is 14.7. The smallest absolute Gasteiger partial charge is 0.243 e. The lowest BCUT2D eigenvalue weighted by Gasteiger charge is -2.40. The lowest BCUT2D eigenvalue weighted by atomic mass is 9.95. The normalized spacial score (nSPS) is 15.5. The third-order valence-corrected chi connectivity index (χ3v) is 8.31. The topological polar surface area (TPSA) is 93.1 Å². The summed E-state index contributed by atoms with van der Waals surface area (Å²) in [4.78, 5) is 9.42. The molecule has 0 radical (unpaired) electrons. The summed E-state index contributed by atoms with van der Waals surface area (Å²) in [5, 5.41) is 9.47. The second-order valence-electron chi connectivity index (χ2n) is 8.73. The number of anilines is 1. The number of aromatic nitrogens is 2. The van der Waals surface area contributed by atoms with E-state index < -0.39 is 21.9 Å². The third-order valence-electron chi connectivity index (χ3n) is 6.39. The average molecular weight is 502 g/mol. The molecule has 0 bridgehead atoms.